The topological polar surface area (TPSA) is 23.6 Å². The summed E-state index contributed by atoms with van der Waals surface area (Å²) in [5, 5.41) is 0. The maximum atomic E-state index is 13.6. The predicted molar refractivity (Wildman–Crippen MR) is 105 cm³/mol. The van der Waals surface area contributed by atoms with Crippen LogP contribution in [0.5, 0.6) is 0 Å². The van der Waals surface area contributed by atoms with Gasteiger partial charge in [0.2, 0.25) is 5.91 Å². The van der Waals surface area contributed by atoms with Crippen LogP contribution in [-0.4, -0.2) is 47.9 Å². The lowest BCUT2D eigenvalue weighted by atomic mass is 9.90. The van der Waals surface area contributed by atoms with Gasteiger partial charge in [0.25, 0.3) is 0 Å². The van der Waals surface area contributed by atoms with E-state index < -0.39 is 0 Å². The third-order valence-electron chi connectivity index (χ3n) is 5.84. The van der Waals surface area contributed by atoms with Gasteiger partial charge in [0, 0.05) is 19.1 Å². The van der Waals surface area contributed by atoms with Crippen LogP contribution in [0.15, 0.2) is 60.7 Å². The van der Waals surface area contributed by atoms with Crippen LogP contribution >= 0.6 is 0 Å². The molecule has 0 bridgehead atoms. The highest BCUT2D eigenvalue weighted by Gasteiger charge is 2.35. The fraction of sp³-hybridized carbons (Fsp3) is 0.435. The summed E-state index contributed by atoms with van der Waals surface area (Å²) in [6, 6.07) is 20.9. The van der Waals surface area contributed by atoms with Crippen molar-refractivity contribution in [3.63, 3.8) is 0 Å². The molecule has 0 radical (unpaired) electrons. The first-order valence-electron chi connectivity index (χ1n) is 9.95. The minimum atomic E-state index is -0.198. The highest BCUT2D eigenvalue weighted by Crippen LogP contribution is 2.30. The van der Waals surface area contributed by atoms with Crippen LogP contribution in [0.3, 0.4) is 0 Å². The molecule has 1 amide bonds. The lowest BCUT2D eigenvalue weighted by molar-refractivity contribution is -0.133. The molecule has 0 N–H and O–H groups in total. The van der Waals surface area contributed by atoms with Gasteiger partial charge in [-0.25, -0.2) is 0 Å². The summed E-state index contributed by atoms with van der Waals surface area (Å²) in [4.78, 5) is 18.3. The van der Waals surface area contributed by atoms with Gasteiger partial charge in [-0.3, -0.25) is 4.79 Å². The summed E-state index contributed by atoms with van der Waals surface area (Å²) in [6.07, 6.45) is 4.87. The van der Waals surface area contributed by atoms with Crippen molar-refractivity contribution in [3.8, 4) is 0 Å². The van der Waals surface area contributed by atoms with Crippen molar-refractivity contribution >= 4 is 5.91 Å². The Morgan fingerprint density at radius 2 is 1.42 bits per heavy atom. The van der Waals surface area contributed by atoms with Crippen molar-refractivity contribution in [2.24, 2.45) is 0 Å². The largest absolute Gasteiger partial charge is 0.338 e. The summed E-state index contributed by atoms with van der Waals surface area (Å²) < 4.78 is 0. The molecule has 0 unspecified atom stereocenters. The Morgan fingerprint density at radius 1 is 0.846 bits per heavy atom. The van der Waals surface area contributed by atoms with Crippen molar-refractivity contribution in [2.75, 3.05) is 26.2 Å². The molecule has 2 fully saturated rings. The van der Waals surface area contributed by atoms with Crippen LogP contribution < -0.4 is 0 Å². The molecule has 0 saturated carbocycles. The molecule has 2 aromatic carbocycles. The van der Waals surface area contributed by atoms with E-state index in [1.165, 1.54) is 25.9 Å². The number of benzene rings is 2. The normalized spacial score (nSPS) is 20.8. The number of likely N-dealkylation sites (tertiary alicyclic amines) is 2. The van der Waals surface area contributed by atoms with Crippen LogP contribution in [0.1, 0.15) is 42.7 Å². The van der Waals surface area contributed by atoms with Crippen molar-refractivity contribution in [1.29, 1.82) is 0 Å². The zero-order valence-corrected chi connectivity index (χ0v) is 15.4. The van der Waals surface area contributed by atoms with Crippen molar-refractivity contribution in [1.82, 2.24) is 9.80 Å². The van der Waals surface area contributed by atoms with Gasteiger partial charge in [-0.1, -0.05) is 60.7 Å². The highest BCUT2D eigenvalue weighted by atomic mass is 16.2. The van der Waals surface area contributed by atoms with Crippen molar-refractivity contribution < 1.29 is 4.79 Å². The summed E-state index contributed by atoms with van der Waals surface area (Å²) >= 11 is 0. The minimum Gasteiger partial charge on any atom is -0.338 e. The molecule has 2 aromatic rings. The maximum Gasteiger partial charge on any atom is 0.234 e. The second kappa shape index (κ2) is 8.05. The molecule has 2 aliphatic rings. The van der Waals surface area contributed by atoms with Gasteiger partial charge in [-0.15, -0.1) is 0 Å². The first-order valence-corrected chi connectivity index (χ1v) is 9.95. The van der Waals surface area contributed by atoms with E-state index in [0.717, 1.165) is 37.1 Å². The molecule has 2 heterocycles. The smallest absolute Gasteiger partial charge is 0.234 e. The van der Waals surface area contributed by atoms with Crippen LogP contribution in [-0.2, 0) is 4.79 Å². The standard InChI is InChI=1S/C23H28N2O/c26-23(25-17-9-14-21(25)18-24-15-7-8-16-24)22(19-10-3-1-4-11-19)20-12-5-2-6-13-20/h1-6,10-13,21-22H,7-9,14-18H2/t21-/m0/s1. The number of hydrogen-bond acceptors (Lipinski definition) is 2. The third-order valence-corrected chi connectivity index (χ3v) is 5.84. The quantitative estimate of drug-likeness (QED) is 0.818. The van der Waals surface area contributed by atoms with E-state index in [2.05, 4.69) is 34.1 Å². The average Bonchev–Trinajstić information content (AvgIpc) is 3.36. The monoisotopic (exact) mass is 348 g/mol. The second-order valence-electron chi connectivity index (χ2n) is 7.59. The second-order valence-corrected chi connectivity index (χ2v) is 7.59. The van der Waals surface area contributed by atoms with Gasteiger partial charge in [0.05, 0.1) is 5.92 Å². The van der Waals surface area contributed by atoms with Gasteiger partial charge < -0.3 is 9.80 Å². The van der Waals surface area contributed by atoms with E-state index in [1.54, 1.807) is 0 Å². The molecule has 0 aliphatic carbocycles. The number of carbonyl (C=O) groups excluding carboxylic acids is 1. The minimum absolute atomic E-state index is 0.198. The summed E-state index contributed by atoms with van der Waals surface area (Å²) in [7, 11) is 0. The molecule has 3 heteroatoms. The number of amides is 1. The number of hydrogen-bond donors (Lipinski definition) is 0. The molecule has 136 valence electrons. The highest BCUT2D eigenvalue weighted by molar-refractivity contribution is 5.87. The summed E-state index contributed by atoms with van der Waals surface area (Å²) in [6.45, 7) is 4.33. The molecule has 0 aromatic heterocycles. The SMILES string of the molecule is O=C(C(c1ccccc1)c1ccccc1)N1CCC[C@H]1CN1CCCC1. The van der Waals surface area contributed by atoms with Gasteiger partial charge in [-0.05, 0) is 49.9 Å². The van der Waals surface area contributed by atoms with Gasteiger partial charge in [-0.2, -0.15) is 0 Å². The molecule has 2 saturated heterocycles. The van der Waals surface area contributed by atoms with Crippen LogP contribution in [0.25, 0.3) is 0 Å². The van der Waals surface area contributed by atoms with E-state index >= 15 is 0 Å². The fourth-order valence-electron chi connectivity index (χ4n) is 4.51. The predicted octanol–water partition coefficient (Wildman–Crippen LogP) is 3.91. The maximum absolute atomic E-state index is 13.6. The molecule has 26 heavy (non-hydrogen) atoms. The summed E-state index contributed by atoms with van der Waals surface area (Å²) in [5.74, 6) is 0.0701. The Balaban J connectivity index is 1.59. The summed E-state index contributed by atoms with van der Waals surface area (Å²) in [5.41, 5.74) is 2.19. The van der Waals surface area contributed by atoms with Gasteiger partial charge >= 0.3 is 0 Å². The number of carbonyl (C=O) groups is 1. The fourth-order valence-corrected chi connectivity index (χ4v) is 4.51. The van der Waals surface area contributed by atoms with E-state index in [9.17, 15) is 4.79 Å². The van der Waals surface area contributed by atoms with E-state index in [-0.39, 0.29) is 11.8 Å². The molecular weight excluding hydrogens is 320 g/mol. The molecule has 4 rings (SSSR count). The van der Waals surface area contributed by atoms with Crippen LogP contribution in [0.2, 0.25) is 0 Å². The Labute approximate surface area is 156 Å². The zero-order chi connectivity index (χ0) is 17.8. The van der Waals surface area contributed by atoms with Crippen molar-refractivity contribution in [3.05, 3.63) is 71.8 Å². The lowest BCUT2D eigenvalue weighted by Crippen LogP contribution is -2.44. The van der Waals surface area contributed by atoms with E-state index in [1.807, 2.05) is 36.4 Å². The first-order chi connectivity index (χ1) is 12.8. The first kappa shape index (κ1) is 17.3. The Morgan fingerprint density at radius 3 is 2.00 bits per heavy atom. The third kappa shape index (κ3) is 3.68. The molecule has 0 spiro atoms. The van der Waals surface area contributed by atoms with Gasteiger partial charge in [0.1, 0.15) is 0 Å². The van der Waals surface area contributed by atoms with Crippen molar-refractivity contribution in [2.45, 2.75) is 37.6 Å². The number of nitrogens with zero attached hydrogens (tertiary/aromatic N) is 2. The lowest BCUT2D eigenvalue weighted by Gasteiger charge is -2.31. The van der Waals surface area contributed by atoms with Gasteiger partial charge in [0.15, 0.2) is 0 Å². The van der Waals surface area contributed by atoms with Crippen LogP contribution in [0.4, 0.5) is 0 Å². The molecule has 2 aliphatic heterocycles. The average molecular weight is 348 g/mol. The zero-order valence-electron chi connectivity index (χ0n) is 15.4. The molecule has 3 nitrogen and oxygen atoms in total. The number of rotatable bonds is 5. The van der Waals surface area contributed by atoms with Crippen LogP contribution in [0, 0.1) is 0 Å². The Hall–Kier alpha value is -2.13. The molecular formula is C23H28N2O. The van der Waals surface area contributed by atoms with E-state index in [4.69, 9.17) is 0 Å². The molecule has 1 atom stereocenters. The Bertz CT molecular complexity index is 670. The Kier molecular flexibility index (Phi) is 5.35. The van der Waals surface area contributed by atoms with E-state index in [0.29, 0.717) is 6.04 Å².